The van der Waals surface area contributed by atoms with Gasteiger partial charge in [-0.25, -0.2) is 0 Å². The average Bonchev–Trinajstić information content (AvgIpc) is 2.72. The molecule has 0 unspecified atom stereocenters. The summed E-state index contributed by atoms with van der Waals surface area (Å²) in [5.74, 6) is 1.17. The van der Waals surface area contributed by atoms with Crippen molar-refractivity contribution in [1.82, 2.24) is 10.3 Å². The van der Waals surface area contributed by atoms with Gasteiger partial charge in [0.1, 0.15) is 6.61 Å². The summed E-state index contributed by atoms with van der Waals surface area (Å²) >= 11 is 6.46. The van der Waals surface area contributed by atoms with Crippen LogP contribution in [0.15, 0.2) is 67.0 Å². The van der Waals surface area contributed by atoms with Crippen molar-refractivity contribution in [1.29, 1.82) is 0 Å². The Kier molecular flexibility index (Phi) is 6.69. The number of aromatic nitrogens is 1. The van der Waals surface area contributed by atoms with E-state index in [1.54, 1.807) is 19.5 Å². The predicted octanol–water partition coefficient (Wildman–Crippen LogP) is 5.17. The van der Waals surface area contributed by atoms with Crippen molar-refractivity contribution in [3.63, 3.8) is 0 Å². The molecule has 1 N–H and O–H groups in total. The third-order valence-corrected chi connectivity index (χ3v) is 4.59. The van der Waals surface area contributed by atoms with E-state index in [9.17, 15) is 0 Å². The zero-order valence-corrected chi connectivity index (χ0v) is 16.2. The maximum Gasteiger partial charge on any atom is 0.180 e. The van der Waals surface area contributed by atoms with Crippen LogP contribution in [0.3, 0.4) is 0 Å². The second-order valence-corrected chi connectivity index (χ2v) is 6.68. The molecule has 5 heteroatoms. The van der Waals surface area contributed by atoms with Gasteiger partial charge < -0.3 is 14.8 Å². The van der Waals surface area contributed by atoms with Crippen LogP contribution in [0.25, 0.3) is 0 Å². The molecule has 0 saturated carbocycles. The Balaban J connectivity index is 1.68. The number of nitrogens with one attached hydrogen (secondary N) is 1. The van der Waals surface area contributed by atoms with E-state index in [0.29, 0.717) is 29.7 Å². The summed E-state index contributed by atoms with van der Waals surface area (Å²) in [4.78, 5) is 4.09. The number of benzene rings is 2. The summed E-state index contributed by atoms with van der Waals surface area (Å²) < 4.78 is 11.4. The van der Waals surface area contributed by atoms with Crippen LogP contribution in [0.1, 0.15) is 29.7 Å². The lowest BCUT2D eigenvalue weighted by Gasteiger charge is -2.17. The Morgan fingerprint density at radius 1 is 1.07 bits per heavy atom. The van der Waals surface area contributed by atoms with Gasteiger partial charge in [-0.3, -0.25) is 4.98 Å². The summed E-state index contributed by atoms with van der Waals surface area (Å²) in [5, 5.41) is 4.04. The predicted molar refractivity (Wildman–Crippen MR) is 108 cm³/mol. The molecule has 0 aliphatic heterocycles. The van der Waals surface area contributed by atoms with E-state index in [-0.39, 0.29) is 6.04 Å². The lowest BCUT2D eigenvalue weighted by molar-refractivity contribution is 0.284. The minimum atomic E-state index is 0.234. The van der Waals surface area contributed by atoms with Crippen LogP contribution in [0.5, 0.6) is 11.5 Å². The number of halogens is 1. The zero-order valence-electron chi connectivity index (χ0n) is 15.5. The fourth-order valence-electron chi connectivity index (χ4n) is 2.78. The number of rotatable bonds is 8. The van der Waals surface area contributed by atoms with Gasteiger partial charge in [-0.15, -0.1) is 0 Å². The number of hydrogen-bond donors (Lipinski definition) is 1. The van der Waals surface area contributed by atoms with Crippen LogP contribution in [-0.4, -0.2) is 12.1 Å². The molecule has 27 heavy (non-hydrogen) atoms. The Morgan fingerprint density at radius 3 is 2.59 bits per heavy atom. The molecule has 0 spiro atoms. The number of hydrogen-bond acceptors (Lipinski definition) is 4. The largest absolute Gasteiger partial charge is 0.493 e. The standard InChI is InChI=1S/C22H23ClN2O2/c1-16(19-8-4-3-5-9-19)25-14-18-11-20(23)22(21(12-18)26-2)27-15-17-7-6-10-24-13-17/h3-13,16,25H,14-15H2,1-2H3/t16-/m1/s1. The van der Waals surface area contributed by atoms with Gasteiger partial charge in [0.2, 0.25) is 0 Å². The van der Waals surface area contributed by atoms with E-state index < -0.39 is 0 Å². The molecule has 4 nitrogen and oxygen atoms in total. The molecule has 0 saturated heterocycles. The Labute approximate surface area is 165 Å². The van der Waals surface area contributed by atoms with Crippen LogP contribution < -0.4 is 14.8 Å². The van der Waals surface area contributed by atoms with E-state index in [4.69, 9.17) is 21.1 Å². The first-order valence-electron chi connectivity index (χ1n) is 8.84. The fourth-order valence-corrected chi connectivity index (χ4v) is 3.07. The molecule has 1 atom stereocenters. The van der Waals surface area contributed by atoms with Crippen LogP contribution in [0, 0.1) is 0 Å². The van der Waals surface area contributed by atoms with Gasteiger partial charge in [-0.2, -0.15) is 0 Å². The maximum absolute atomic E-state index is 6.46. The van der Waals surface area contributed by atoms with Gasteiger partial charge in [0.15, 0.2) is 11.5 Å². The van der Waals surface area contributed by atoms with Crippen molar-refractivity contribution in [2.45, 2.75) is 26.1 Å². The number of ether oxygens (including phenoxy) is 2. The maximum atomic E-state index is 6.46. The Bertz CT molecular complexity index is 857. The highest BCUT2D eigenvalue weighted by Crippen LogP contribution is 2.37. The second-order valence-electron chi connectivity index (χ2n) is 6.27. The van der Waals surface area contributed by atoms with Gasteiger partial charge in [0.25, 0.3) is 0 Å². The van der Waals surface area contributed by atoms with Crippen LogP contribution >= 0.6 is 11.6 Å². The minimum absolute atomic E-state index is 0.234. The molecule has 140 valence electrons. The normalized spacial score (nSPS) is 11.8. The van der Waals surface area contributed by atoms with Crippen molar-refractivity contribution in [2.24, 2.45) is 0 Å². The third kappa shape index (κ3) is 5.22. The molecule has 0 aliphatic carbocycles. The molecular formula is C22H23ClN2O2. The van der Waals surface area contributed by atoms with Gasteiger partial charge in [-0.05, 0) is 36.2 Å². The average molecular weight is 383 g/mol. The molecule has 3 rings (SSSR count). The van der Waals surface area contributed by atoms with Gasteiger partial charge >= 0.3 is 0 Å². The first-order valence-corrected chi connectivity index (χ1v) is 9.21. The molecule has 0 fully saturated rings. The molecule has 2 aromatic carbocycles. The van der Waals surface area contributed by atoms with Crippen molar-refractivity contribution < 1.29 is 9.47 Å². The van der Waals surface area contributed by atoms with E-state index in [1.807, 2.05) is 42.5 Å². The van der Waals surface area contributed by atoms with Crippen LogP contribution in [0.2, 0.25) is 5.02 Å². The summed E-state index contributed by atoms with van der Waals surface area (Å²) in [6.07, 6.45) is 3.50. The highest BCUT2D eigenvalue weighted by atomic mass is 35.5. The molecule has 1 aromatic heterocycles. The molecule has 0 bridgehead atoms. The number of pyridine rings is 1. The topological polar surface area (TPSA) is 43.4 Å². The van der Waals surface area contributed by atoms with Crippen LogP contribution in [0.4, 0.5) is 0 Å². The molecular weight excluding hydrogens is 360 g/mol. The molecule has 0 radical (unpaired) electrons. The first-order chi connectivity index (χ1) is 13.2. The molecule has 0 amide bonds. The lowest BCUT2D eigenvalue weighted by Crippen LogP contribution is -2.18. The van der Waals surface area contributed by atoms with Crippen LogP contribution in [-0.2, 0) is 13.2 Å². The minimum Gasteiger partial charge on any atom is -0.493 e. The molecule has 0 aliphatic rings. The van der Waals surface area contributed by atoms with Gasteiger partial charge in [0.05, 0.1) is 12.1 Å². The second kappa shape index (κ2) is 9.40. The van der Waals surface area contributed by atoms with Crippen molar-refractivity contribution >= 4 is 11.6 Å². The highest BCUT2D eigenvalue weighted by Gasteiger charge is 2.13. The van der Waals surface area contributed by atoms with Crippen molar-refractivity contribution in [3.8, 4) is 11.5 Å². The zero-order chi connectivity index (χ0) is 19.1. The summed E-state index contributed by atoms with van der Waals surface area (Å²) in [6, 6.07) is 18.3. The summed E-state index contributed by atoms with van der Waals surface area (Å²) in [6.45, 7) is 3.20. The van der Waals surface area contributed by atoms with Crippen molar-refractivity contribution in [2.75, 3.05) is 7.11 Å². The Morgan fingerprint density at radius 2 is 1.89 bits per heavy atom. The third-order valence-electron chi connectivity index (χ3n) is 4.31. The molecule has 3 aromatic rings. The van der Waals surface area contributed by atoms with Gasteiger partial charge in [-0.1, -0.05) is 48.0 Å². The highest BCUT2D eigenvalue weighted by molar-refractivity contribution is 6.32. The Hall–Kier alpha value is -2.56. The van der Waals surface area contributed by atoms with E-state index in [2.05, 4.69) is 29.4 Å². The molecule has 1 heterocycles. The smallest absolute Gasteiger partial charge is 0.180 e. The number of methoxy groups -OCH3 is 1. The van der Waals surface area contributed by atoms with E-state index in [1.165, 1.54) is 5.56 Å². The van der Waals surface area contributed by atoms with E-state index in [0.717, 1.165) is 11.1 Å². The quantitative estimate of drug-likeness (QED) is 0.583. The monoisotopic (exact) mass is 382 g/mol. The number of nitrogens with zero attached hydrogens (tertiary/aromatic N) is 1. The first kappa shape index (κ1) is 19.2. The summed E-state index contributed by atoms with van der Waals surface area (Å²) in [7, 11) is 1.62. The van der Waals surface area contributed by atoms with Gasteiger partial charge in [0, 0.05) is 30.5 Å². The van der Waals surface area contributed by atoms with E-state index >= 15 is 0 Å². The lowest BCUT2D eigenvalue weighted by atomic mass is 10.1. The SMILES string of the molecule is COc1cc(CN[C@H](C)c2ccccc2)cc(Cl)c1OCc1cccnc1. The summed E-state index contributed by atoms with van der Waals surface area (Å²) in [5.41, 5.74) is 3.25. The van der Waals surface area contributed by atoms with Crippen molar-refractivity contribution in [3.05, 3.63) is 88.7 Å². The fraction of sp³-hybridized carbons (Fsp3) is 0.227.